The van der Waals surface area contributed by atoms with Crippen LogP contribution in [0.1, 0.15) is 40.0 Å². The lowest BCUT2D eigenvalue weighted by Crippen LogP contribution is -2.26. The molecule has 4 nitrogen and oxygen atoms in total. The predicted octanol–water partition coefficient (Wildman–Crippen LogP) is 2.64. The summed E-state index contributed by atoms with van der Waals surface area (Å²) in [4.78, 5) is 15.6. The first-order valence-corrected chi connectivity index (χ1v) is 6.19. The highest BCUT2D eigenvalue weighted by atomic mass is 16.5. The van der Waals surface area contributed by atoms with Crippen LogP contribution in [0.5, 0.6) is 0 Å². The van der Waals surface area contributed by atoms with E-state index >= 15 is 0 Å². The molecule has 0 atom stereocenters. The zero-order chi connectivity index (χ0) is 12.7. The van der Waals surface area contributed by atoms with E-state index in [0.717, 1.165) is 25.8 Å². The standard InChI is InChI=1S/C13H22N2O2/c1-4-17-12(16)13(2,3)7-5-6-9-15-10-8-14-11-15/h8,10-11H,4-7,9H2,1-3H3. The predicted molar refractivity (Wildman–Crippen MR) is 66.5 cm³/mol. The minimum Gasteiger partial charge on any atom is -0.466 e. The molecule has 4 heteroatoms. The Morgan fingerprint density at radius 1 is 1.41 bits per heavy atom. The van der Waals surface area contributed by atoms with Gasteiger partial charge in [-0.25, -0.2) is 4.98 Å². The maximum Gasteiger partial charge on any atom is 0.311 e. The van der Waals surface area contributed by atoms with E-state index in [9.17, 15) is 4.79 Å². The van der Waals surface area contributed by atoms with Crippen LogP contribution in [-0.2, 0) is 16.1 Å². The Morgan fingerprint density at radius 2 is 2.18 bits per heavy atom. The second-order valence-electron chi connectivity index (χ2n) is 4.86. The summed E-state index contributed by atoms with van der Waals surface area (Å²) in [6, 6.07) is 0. The fraction of sp³-hybridized carbons (Fsp3) is 0.692. The Bertz CT molecular complexity index is 331. The highest BCUT2D eigenvalue weighted by molar-refractivity contribution is 5.75. The average Bonchev–Trinajstić information content (AvgIpc) is 2.77. The largest absolute Gasteiger partial charge is 0.466 e. The van der Waals surface area contributed by atoms with Crippen LogP contribution in [0.25, 0.3) is 0 Å². The van der Waals surface area contributed by atoms with Crippen molar-refractivity contribution in [2.45, 2.75) is 46.6 Å². The summed E-state index contributed by atoms with van der Waals surface area (Å²) in [5.41, 5.74) is -0.370. The van der Waals surface area contributed by atoms with Crippen molar-refractivity contribution in [1.29, 1.82) is 0 Å². The van der Waals surface area contributed by atoms with Crippen LogP contribution in [0.2, 0.25) is 0 Å². The molecule has 0 amide bonds. The summed E-state index contributed by atoms with van der Waals surface area (Å²) in [7, 11) is 0. The van der Waals surface area contributed by atoms with Crippen LogP contribution in [0.15, 0.2) is 18.7 Å². The number of rotatable bonds is 7. The SMILES string of the molecule is CCOC(=O)C(C)(C)CCCCn1ccnc1. The number of hydrogen-bond acceptors (Lipinski definition) is 3. The highest BCUT2D eigenvalue weighted by Crippen LogP contribution is 2.25. The third kappa shape index (κ3) is 4.59. The van der Waals surface area contributed by atoms with Gasteiger partial charge in [0.2, 0.25) is 0 Å². The van der Waals surface area contributed by atoms with Crippen molar-refractivity contribution in [3.63, 3.8) is 0 Å². The van der Waals surface area contributed by atoms with Crippen molar-refractivity contribution in [2.24, 2.45) is 5.41 Å². The first-order valence-electron chi connectivity index (χ1n) is 6.19. The van der Waals surface area contributed by atoms with E-state index in [1.165, 1.54) is 0 Å². The average molecular weight is 238 g/mol. The number of carbonyl (C=O) groups excluding carboxylic acids is 1. The quantitative estimate of drug-likeness (QED) is 0.542. The van der Waals surface area contributed by atoms with E-state index in [-0.39, 0.29) is 11.4 Å². The lowest BCUT2D eigenvalue weighted by atomic mass is 9.87. The van der Waals surface area contributed by atoms with Crippen molar-refractivity contribution < 1.29 is 9.53 Å². The Labute approximate surface area is 103 Å². The molecule has 17 heavy (non-hydrogen) atoms. The number of imidazole rings is 1. The number of esters is 1. The van der Waals surface area contributed by atoms with Gasteiger partial charge in [-0.3, -0.25) is 4.79 Å². The summed E-state index contributed by atoms with van der Waals surface area (Å²) >= 11 is 0. The van der Waals surface area contributed by atoms with Crippen LogP contribution in [0.4, 0.5) is 0 Å². The van der Waals surface area contributed by atoms with Crippen molar-refractivity contribution >= 4 is 5.97 Å². The van der Waals surface area contributed by atoms with E-state index in [0.29, 0.717) is 6.61 Å². The smallest absolute Gasteiger partial charge is 0.311 e. The molecule has 0 unspecified atom stereocenters. The molecule has 96 valence electrons. The molecule has 0 saturated heterocycles. The van der Waals surface area contributed by atoms with Gasteiger partial charge in [0.15, 0.2) is 0 Å². The molecule has 0 aromatic carbocycles. The van der Waals surface area contributed by atoms with E-state index in [1.807, 2.05) is 33.3 Å². The highest BCUT2D eigenvalue weighted by Gasteiger charge is 2.28. The third-order valence-corrected chi connectivity index (χ3v) is 2.86. The van der Waals surface area contributed by atoms with Crippen molar-refractivity contribution in [1.82, 2.24) is 9.55 Å². The lowest BCUT2D eigenvalue weighted by molar-refractivity contribution is -0.153. The first-order chi connectivity index (χ1) is 8.06. The molecule has 1 heterocycles. The topological polar surface area (TPSA) is 44.1 Å². The summed E-state index contributed by atoms with van der Waals surface area (Å²) in [6.07, 6.45) is 8.49. The molecular weight excluding hydrogens is 216 g/mol. The van der Waals surface area contributed by atoms with Crippen LogP contribution in [-0.4, -0.2) is 22.1 Å². The normalized spacial score (nSPS) is 11.5. The maximum atomic E-state index is 11.7. The number of carbonyl (C=O) groups is 1. The summed E-state index contributed by atoms with van der Waals surface area (Å²) in [5, 5.41) is 0. The lowest BCUT2D eigenvalue weighted by Gasteiger charge is -2.21. The van der Waals surface area contributed by atoms with Gasteiger partial charge in [0.1, 0.15) is 0 Å². The van der Waals surface area contributed by atoms with E-state index in [1.54, 1.807) is 6.20 Å². The molecule has 1 aromatic heterocycles. The monoisotopic (exact) mass is 238 g/mol. The maximum absolute atomic E-state index is 11.7. The molecule has 0 N–H and O–H groups in total. The van der Waals surface area contributed by atoms with Gasteiger partial charge in [0.25, 0.3) is 0 Å². The zero-order valence-electron chi connectivity index (χ0n) is 11.0. The number of aromatic nitrogens is 2. The van der Waals surface area contributed by atoms with E-state index in [2.05, 4.69) is 9.55 Å². The van der Waals surface area contributed by atoms with Gasteiger partial charge in [-0.2, -0.15) is 0 Å². The fourth-order valence-corrected chi connectivity index (χ4v) is 1.71. The zero-order valence-corrected chi connectivity index (χ0v) is 11.0. The Morgan fingerprint density at radius 3 is 2.76 bits per heavy atom. The Kier molecular flexibility index (Phi) is 5.19. The fourth-order valence-electron chi connectivity index (χ4n) is 1.71. The van der Waals surface area contributed by atoms with Crippen LogP contribution in [0, 0.1) is 5.41 Å². The first kappa shape index (κ1) is 13.7. The number of ether oxygens (including phenoxy) is 1. The van der Waals surface area contributed by atoms with Gasteiger partial charge in [-0.05, 0) is 33.6 Å². The molecule has 0 aliphatic heterocycles. The van der Waals surface area contributed by atoms with Gasteiger partial charge < -0.3 is 9.30 Å². The Hall–Kier alpha value is -1.32. The molecule has 0 aliphatic rings. The van der Waals surface area contributed by atoms with Crippen LogP contribution < -0.4 is 0 Å². The van der Waals surface area contributed by atoms with Gasteiger partial charge in [0.05, 0.1) is 18.3 Å². The number of unbranched alkanes of at least 4 members (excludes halogenated alkanes) is 1. The number of nitrogens with zero attached hydrogens (tertiary/aromatic N) is 2. The van der Waals surface area contributed by atoms with E-state index in [4.69, 9.17) is 4.74 Å². The van der Waals surface area contributed by atoms with Crippen LogP contribution >= 0.6 is 0 Å². The molecule has 0 fully saturated rings. The number of aryl methyl sites for hydroxylation is 1. The van der Waals surface area contributed by atoms with Gasteiger partial charge >= 0.3 is 5.97 Å². The van der Waals surface area contributed by atoms with Crippen LogP contribution in [0.3, 0.4) is 0 Å². The molecule has 0 bridgehead atoms. The molecule has 1 aromatic rings. The van der Waals surface area contributed by atoms with Gasteiger partial charge in [-0.1, -0.05) is 6.42 Å². The van der Waals surface area contributed by atoms with Gasteiger partial charge in [-0.15, -0.1) is 0 Å². The second-order valence-corrected chi connectivity index (χ2v) is 4.86. The minimum absolute atomic E-state index is 0.0948. The van der Waals surface area contributed by atoms with Crippen molar-refractivity contribution in [3.8, 4) is 0 Å². The number of hydrogen-bond donors (Lipinski definition) is 0. The Balaban J connectivity index is 2.23. The van der Waals surface area contributed by atoms with Crippen molar-refractivity contribution in [2.75, 3.05) is 6.61 Å². The summed E-state index contributed by atoms with van der Waals surface area (Å²) < 4.78 is 7.11. The summed E-state index contributed by atoms with van der Waals surface area (Å²) in [5.74, 6) is -0.0948. The molecule has 1 rings (SSSR count). The van der Waals surface area contributed by atoms with E-state index < -0.39 is 0 Å². The van der Waals surface area contributed by atoms with Gasteiger partial charge in [0, 0.05) is 18.9 Å². The molecule has 0 spiro atoms. The summed E-state index contributed by atoms with van der Waals surface area (Å²) in [6.45, 7) is 7.15. The van der Waals surface area contributed by atoms with Crippen molar-refractivity contribution in [3.05, 3.63) is 18.7 Å². The molecule has 0 radical (unpaired) electrons. The second kappa shape index (κ2) is 6.42. The molecule has 0 saturated carbocycles. The molecular formula is C13H22N2O2. The third-order valence-electron chi connectivity index (χ3n) is 2.86. The minimum atomic E-state index is -0.370. The molecule has 0 aliphatic carbocycles.